The van der Waals surface area contributed by atoms with Gasteiger partial charge in [-0.2, -0.15) is 0 Å². The zero-order valence-electron chi connectivity index (χ0n) is 35.2. The highest BCUT2D eigenvalue weighted by molar-refractivity contribution is 7.92. The van der Waals surface area contributed by atoms with Crippen LogP contribution < -0.4 is 40.2 Å². The first-order valence-corrected chi connectivity index (χ1v) is 21.3. The van der Waals surface area contributed by atoms with Crippen LogP contribution in [0.4, 0.5) is 33.4 Å². The van der Waals surface area contributed by atoms with Crippen LogP contribution in [-0.2, 0) is 20.2 Å². The maximum Gasteiger partial charge on any atom is 0.324 e. The maximum atomic E-state index is 13.4. The number of anilines is 5. The van der Waals surface area contributed by atoms with Gasteiger partial charge < -0.3 is 35.3 Å². The largest absolute Gasteiger partial charge is 0.497 e. The number of carbonyl (C=O) groups is 2. The first kappa shape index (κ1) is 43.5. The predicted molar refractivity (Wildman–Crippen MR) is 235 cm³/mol. The van der Waals surface area contributed by atoms with Crippen LogP contribution in [0.3, 0.4) is 0 Å². The number of morpholine rings is 1. The second kappa shape index (κ2) is 17.6. The van der Waals surface area contributed by atoms with Gasteiger partial charge in [0.05, 0.1) is 49.7 Å². The standard InChI is InChI=1S/C44H53N7O8S/c1-43(2,3)29-23-35(49-60(8,54)55)40(57-7)37(24-29)51(42(45)53)36-13-14-38(34-12-10-9-11-33(34)36)59-31-15-16-46-39(26-31)48-30-21-28(22-32(25-30)56-6)41(52)47-17-18-50-19-20-58-44(4,5)27-50/h9-16,21-26,49H,17-20,27H2,1-8H3,(H2,45,53)(H,46,48)(H,47,52). The third kappa shape index (κ3) is 10.5. The first-order chi connectivity index (χ1) is 28.3. The van der Waals surface area contributed by atoms with Crippen LogP contribution in [0.5, 0.6) is 23.0 Å². The van der Waals surface area contributed by atoms with E-state index in [1.165, 1.54) is 12.0 Å². The third-order valence-electron chi connectivity index (χ3n) is 9.85. The van der Waals surface area contributed by atoms with Crippen molar-refractivity contribution in [2.45, 2.75) is 45.6 Å². The molecule has 6 rings (SSSR count). The lowest BCUT2D eigenvalue weighted by molar-refractivity contribution is -0.0853. The van der Waals surface area contributed by atoms with Crippen molar-refractivity contribution >= 4 is 61.3 Å². The summed E-state index contributed by atoms with van der Waals surface area (Å²) < 4.78 is 50.9. The van der Waals surface area contributed by atoms with Crippen molar-refractivity contribution < 1.29 is 37.0 Å². The summed E-state index contributed by atoms with van der Waals surface area (Å²) in [6, 6.07) is 22.1. The molecule has 1 aliphatic rings. The molecule has 1 fully saturated rings. The summed E-state index contributed by atoms with van der Waals surface area (Å²) in [6.07, 6.45) is 2.64. The van der Waals surface area contributed by atoms with Crippen LogP contribution in [-0.4, -0.2) is 89.1 Å². The van der Waals surface area contributed by atoms with Gasteiger partial charge in [0, 0.05) is 66.5 Å². The molecule has 1 aliphatic heterocycles. The molecule has 60 heavy (non-hydrogen) atoms. The molecule has 2 heterocycles. The number of nitrogens with two attached hydrogens (primary N) is 1. The minimum Gasteiger partial charge on any atom is -0.497 e. The van der Waals surface area contributed by atoms with Crippen molar-refractivity contribution in [3.05, 3.63) is 96.2 Å². The van der Waals surface area contributed by atoms with Crippen molar-refractivity contribution in [1.29, 1.82) is 0 Å². The smallest absolute Gasteiger partial charge is 0.324 e. The fraction of sp³-hybridized carbons (Fsp3) is 0.341. The van der Waals surface area contributed by atoms with Crippen molar-refractivity contribution in [3.8, 4) is 23.0 Å². The second-order valence-electron chi connectivity index (χ2n) is 16.2. The minimum atomic E-state index is -3.72. The number of nitrogens with one attached hydrogen (secondary N) is 3. The lowest BCUT2D eigenvalue weighted by Crippen LogP contribution is -2.50. The predicted octanol–water partition coefficient (Wildman–Crippen LogP) is 7.51. The molecule has 16 heteroatoms. The quantitative estimate of drug-likeness (QED) is 0.0867. The third-order valence-corrected chi connectivity index (χ3v) is 10.4. The molecule has 5 N–H and O–H groups in total. The van der Waals surface area contributed by atoms with E-state index in [1.54, 1.807) is 67.9 Å². The number of rotatable bonds is 14. The molecule has 0 radical (unpaired) electrons. The van der Waals surface area contributed by atoms with Crippen LogP contribution in [0, 0.1) is 0 Å². The van der Waals surface area contributed by atoms with Gasteiger partial charge in [0.25, 0.3) is 5.91 Å². The Kier molecular flexibility index (Phi) is 12.8. The highest BCUT2D eigenvalue weighted by Gasteiger charge is 2.29. The van der Waals surface area contributed by atoms with E-state index in [-0.39, 0.29) is 28.6 Å². The summed E-state index contributed by atoms with van der Waals surface area (Å²) in [5.74, 6) is 1.77. The summed E-state index contributed by atoms with van der Waals surface area (Å²) in [7, 11) is -0.787. The van der Waals surface area contributed by atoms with E-state index in [0.29, 0.717) is 70.5 Å². The van der Waals surface area contributed by atoms with Crippen LogP contribution >= 0.6 is 0 Å². The van der Waals surface area contributed by atoms with E-state index in [0.717, 1.165) is 24.9 Å². The zero-order chi connectivity index (χ0) is 43.4. The van der Waals surface area contributed by atoms with E-state index in [1.807, 2.05) is 45.0 Å². The number of benzene rings is 4. The molecule has 4 aromatic carbocycles. The van der Waals surface area contributed by atoms with Crippen LogP contribution in [0.2, 0.25) is 0 Å². The molecule has 0 spiro atoms. The number of fused-ring (bicyclic) bond motifs is 1. The van der Waals surface area contributed by atoms with E-state index in [2.05, 4.69) is 39.1 Å². The van der Waals surface area contributed by atoms with Gasteiger partial charge in [-0.15, -0.1) is 0 Å². The van der Waals surface area contributed by atoms with Crippen LogP contribution in [0.1, 0.15) is 50.5 Å². The Labute approximate surface area is 351 Å². The van der Waals surface area contributed by atoms with Crippen LogP contribution in [0.15, 0.2) is 85.1 Å². The Morgan fingerprint density at radius 1 is 0.950 bits per heavy atom. The molecule has 0 saturated carbocycles. The maximum absolute atomic E-state index is 13.4. The van der Waals surface area contributed by atoms with Crippen molar-refractivity contribution in [2.24, 2.45) is 5.73 Å². The van der Waals surface area contributed by atoms with Gasteiger partial charge >= 0.3 is 6.03 Å². The molecule has 0 unspecified atom stereocenters. The van der Waals surface area contributed by atoms with Gasteiger partial charge in [0.2, 0.25) is 10.0 Å². The van der Waals surface area contributed by atoms with Crippen molar-refractivity contribution in [3.63, 3.8) is 0 Å². The topological polar surface area (TPSA) is 187 Å². The monoisotopic (exact) mass is 839 g/mol. The number of urea groups is 1. The fourth-order valence-corrected chi connectivity index (χ4v) is 7.63. The number of primary amides is 1. The Morgan fingerprint density at radius 3 is 2.37 bits per heavy atom. The number of ether oxygens (including phenoxy) is 4. The summed E-state index contributed by atoms with van der Waals surface area (Å²) >= 11 is 0. The van der Waals surface area contributed by atoms with Gasteiger partial charge in [-0.05, 0) is 67.3 Å². The van der Waals surface area contributed by atoms with Gasteiger partial charge in [0.1, 0.15) is 23.1 Å². The summed E-state index contributed by atoms with van der Waals surface area (Å²) in [5.41, 5.74) is 8.02. The summed E-state index contributed by atoms with van der Waals surface area (Å²) in [5, 5.41) is 7.57. The number of methoxy groups -OCH3 is 2. The molecule has 3 amide bonds. The summed E-state index contributed by atoms with van der Waals surface area (Å²) in [4.78, 5) is 34.7. The molecule has 318 valence electrons. The minimum absolute atomic E-state index is 0.116. The molecule has 1 saturated heterocycles. The van der Waals surface area contributed by atoms with E-state index >= 15 is 0 Å². The molecule has 0 aliphatic carbocycles. The molecule has 1 aromatic heterocycles. The van der Waals surface area contributed by atoms with Gasteiger partial charge in [0.15, 0.2) is 5.75 Å². The number of sulfonamides is 1. The van der Waals surface area contributed by atoms with E-state index < -0.39 is 21.5 Å². The average molecular weight is 840 g/mol. The first-order valence-electron chi connectivity index (χ1n) is 19.4. The average Bonchev–Trinajstić information content (AvgIpc) is 3.17. The highest BCUT2D eigenvalue weighted by Crippen LogP contribution is 2.46. The second-order valence-corrected chi connectivity index (χ2v) is 17.9. The zero-order valence-corrected chi connectivity index (χ0v) is 36.0. The Hall–Kier alpha value is -6.10. The molecule has 0 atom stereocenters. The normalized spacial score (nSPS) is 14.3. The van der Waals surface area contributed by atoms with E-state index in [9.17, 15) is 18.0 Å². The molecule has 5 aromatic rings. The van der Waals surface area contributed by atoms with Crippen molar-refractivity contribution in [1.82, 2.24) is 15.2 Å². The molecular weight excluding hydrogens is 787 g/mol. The lowest BCUT2D eigenvalue weighted by atomic mass is 9.86. The molecule has 15 nitrogen and oxygen atoms in total. The SMILES string of the molecule is COc1cc(Nc2cc(Oc3ccc(N(C(N)=O)c4cc(C(C)(C)C)cc(NS(C)(=O)=O)c4OC)c4ccccc34)ccn2)cc(C(=O)NCCN2CCOC(C)(C)C2)c1. The van der Waals surface area contributed by atoms with Crippen LogP contribution in [0.25, 0.3) is 10.8 Å². The van der Waals surface area contributed by atoms with Gasteiger partial charge in [-0.3, -0.25) is 19.3 Å². The lowest BCUT2D eigenvalue weighted by Gasteiger charge is -2.38. The van der Waals surface area contributed by atoms with Crippen molar-refractivity contribution in [2.75, 3.05) is 68.2 Å². The highest BCUT2D eigenvalue weighted by atomic mass is 32.2. The fourth-order valence-electron chi connectivity index (χ4n) is 7.08. The number of amides is 3. The number of carbonyl (C=O) groups excluding carboxylic acids is 2. The Bertz CT molecular complexity index is 2510. The number of aromatic nitrogens is 1. The Morgan fingerprint density at radius 2 is 1.70 bits per heavy atom. The van der Waals surface area contributed by atoms with E-state index in [4.69, 9.17) is 24.7 Å². The van der Waals surface area contributed by atoms with Gasteiger partial charge in [-0.25, -0.2) is 18.2 Å². The van der Waals surface area contributed by atoms with Gasteiger partial charge in [-0.1, -0.05) is 45.0 Å². The number of hydrogen-bond acceptors (Lipinski definition) is 11. The number of pyridine rings is 1. The number of nitrogens with zero attached hydrogens (tertiary/aromatic N) is 3. The molecule has 0 bridgehead atoms. The summed E-state index contributed by atoms with van der Waals surface area (Å²) in [6.45, 7) is 13.5. The molecular formula is C44H53N7O8S. The number of hydrogen-bond donors (Lipinski definition) is 4. The Balaban J connectivity index is 1.27.